The zero-order valence-corrected chi connectivity index (χ0v) is 14.2. The number of nitrogens with zero attached hydrogens (tertiary/aromatic N) is 4. The Bertz CT molecular complexity index is 574. The summed E-state index contributed by atoms with van der Waals surface area (Å²) in [5.74, 6) is 1.07. The molecule has 0 saturated carbocycles. The second-order valence-corrected chi connectivity index (χ2v) is 7.32. The third-order valence-electron chi connectivity index (χ3n) is 5.81. The normalized spacial score (nSPS) is 31.9. The van der Waals surface area contributed by atoms with Gasteiger partial charge in [-0.25, -0.2) is 15.4 Å². The molecule has 1 aromatic rings. The largest absolute Gasteiger partial charge is 0.341 e. The molecule has 0 aromatic carbocycles. The van der Waals surface area contributed by atoms with Crippen LogP contribution in [0.4, 0.5) is 0 Å². The second kappa shape index (κ2) is 6.74. The number of rotatable bonds is 2. The molecule has 0 spiro atoms. The van der Waals surface area contributed by atoms with Crippen LogP contribution in [-0.4, -0.2) is 71.0 Å². The number of hydrazine groups is 1. The van der Waals surface area contributed by atoms with Crippen molar-refractivity contribution >= 4 is 5.91 Å². The highest BCUT2D eigenvalue weighted by atomic mass is 16.2. The van der Waals surface area contributed by atoms with Gasteiger partial charge in [-0.15, -0.1) is 0 Å². The highest BCUT2D eigenvalue weighted by Crippen LogP contribution is 2.29. The van der Waals surface area contributed by atoms with Gasteiger partial charge in [0.15, 0.2) is 0 Å². The lowest BCUT2D eigenvalue weighted by Crippen LogP contribution is -2.52. The van der Waals surface area contributed by atoms with Crippen LogP contribution < -0.4 is 10.9 Å². The van der Waals surface area contributed by atoms with Crippen LogP contribution in [0.25, 0.3) is 0 Å². The van der Waals surface area contributed by atoms with Gasteiger partial charge in [0.2, 0.25) is 5.91 Å². The number of hydrogen-bond donors (Lipinski definition) is 2. The van der Waals surface area contributed by atoms with Gasteiger partial charge in [0.25, 0.3) is 0 Å². The fourth-order valence-corrected chi connectivity index (χ4v) is 4.35. The number of piperidine rings is 2. The number of likely N-dealkylation sites (tertiary alicyclic amines) is 2. The number of carbonyl (C=O) groups excluding carboxylic acids is 1. The minimum atomic E-state index is -0.0895. The van der Waals surface area contributed by atoms with Crippen molar-refractivity contribution in [3.63, 3.8) is 0 Å². The predicted molar refractivity (Wildman–Crippen MR) is 90.0 cm³/mol. The average molecular weight is 330 g/mol. The number of carbonyl (C=O) groups is 1. The summed E-state index contributed by atoms with van der Waals surface area (Å²) in [6.45, 7) is 3.72. The van der Waals surface area contributed by atoms with Gasteiger partial charge in [0.1, 0.15) is 12.4 Å². The minimum absolute atomic E-state index is 0.0895. The molecular weight excluding hydrogens is 304 g/mol. The molecule has 130 valence electrons. The quantitative estimate of drug-likeness (QED) is 0.794. The monoisotopic (exact) mass is 330 g/mol. The lowest BCUT2D eigenvalue weighted by Gasteiger charge is -2.37. The van der Waals surface area contributed by atoms with E-state index in [4.69, 9.17) is 0 Å². The third kappa shape index (κ3) is 3.03. The lowest BCUT2D eigenvalue weighted by molar-refractivity contribution is -0.135. The molecule has 4 heterocycles. The van der Waals surface area contributed by atoms with Crippen molar-refractivity contribution in [3.05, 3.63) is 24.3 Å². The number of nitrogens with one attached hydrogen (secondary N) is 2. The van der Waals surface area contributed by atoms with Crippen LogP contribution in [0.15, 0.2) is 18.6 Å². The molecule has 0 bridgehead atoms. The molecule has 1 aromatic heterocycles. The Labute approximate surface area is 142 Å². The average Bonchev–Trinajstić information content (AvgIpc) is 3.05. The molecule has 0 radical (unpaired) electrons. The standard InChI is InChI=1S/C17H26N6O/c1-22-7-5-15-13(10-22)16(21-20-15)17(24)23-8-3-12(4-9-23)14-2-6-18-11-19-14/h2,6,11-13,15-16,20-21H,3-5,7-10H2,1H3. The van der Waals surface area contributed by atoms with Gasteiger partial charge in [0, 0.05) is 49.4 Å². The van der Waals surface area contributed by atoms with Crippen molar-refractivity contribution in [3.8, 4) is 0 Å². The molecular formula is C17H26N6O. The third-order valence-corrected chi connectivity index (χ3v) is 5.81. The van der Waals surface area contributed by atoms with Crippen molar-refractivity contribution in [2.24, 2.45) is 5.92 Å². The van der Waals surface area contributed by atoms with Crippen LogP contribution >= 0.6 is 0 Å². The molecule has 1 amide bonds. The summed E-state index contributed by atoms with van der Waals surface area (Å²) in [7, 11) is 2.14. The summed E-state index contributed by atoms with van der Waals surface area (Å²) in [5.41, 5.74) is 7.72. The Morgan fingerprint density at radius 1 is 1.21 bits per heavy atom. The van der Waals surface area contributed by atoms with Crippen LogP contribution in [-0.2, 0) is 4.79 Å². The first-order chi connectivity index (χ1) is 11.7. The Morgan fingerprint density at radius 3 is 2.79 bits per heavy atom. The van der Waals surface area contributed by atoms with Crippen molar-refractivity contribution in [2.75, 3.05) is 33.2 Å². The van der Waals surface area contributed by atoms with Gasteiger partial charge in [-0.1, -0.05) is 0 Å². The van der Waals surface area contributed by atoms with E-state index >= 15 is 0 Å². The second-order valence-electron chi connectivity index (χ2n) is 7.32. The topological polar surface area (TPSA) is 73.4 Å². The molecule has 0 aliphatic carbocycles. The maximum atomic E-state index is 13.0. The molecule has 4 rings (SSSR count). The van der Waals surface area contributed by atoms with Crippen molar-refractivity contribution in [1.82, 2.24) is 30.6 Å². The maximum absolute atomic E-state index is 13.0. The molecule has 3 saturated heterocycles. The van der Waals surface area contributed by atoms with Crippen LogP contribution in [0.2, 0.25) is 0 Å². The number of aromatic nitrogens is 2. The Morgan fingerprint density at radius 2 is 2.04 bits per heavy atom. The van der Waals surface area contributed by atoms with E-state index in [-0.39, 0.29) is 11.9 Å². The van der Waals surface area contributed by atoms with E-state index in [0.29, 0.717) is 17.9 Å². The van der Waals surface area contributed by atoms with Gasteiger partial charge >= 0.3 is 0 Å². The lowest BCUT2D eigenvalue weighted by atomic mass is 9.87. The summed E-state index contributed by atoms with van der Waals surface area (Å²) < 4.78 is 0. The van der Waals surface area contributed by atoms with Crippen molar-refractivity contribution in [1.29, 1.82) is 0 Å². The first-order valence-electron chi connectivity index (χ1n) is 8.96. The smallest absolute Gasteiger partial charge is 0.241 e. The molecule has 3 aliphatic rings. The summed E-state index contributed by atoms with van der Waals surface area (Å²) >= 11 is 0. The van der Waals surface area contributed by atoms with Gasteiger partial charge in [0.05, 0.1) is 0 Å². The first kappa shape index (κ1) is 15.9. The van der Waals surface area contributed by atoms with E-state index in [1.807, 2.05) is 11.0 Å². The number of hydrogen-bond acceptors (Lipinski definition) is 6. The Balaban J connectivity index is 1.36. The summed E-state index contributed by atoms with van der Waals surface area (Å²) in [5, 5.41) is 0. The van der Waals surface area contributed by atoms with E-state index in [0.717, 1.165) is 51.1 Å². The molecule has 3 unspecified atom stereocenters. The van der Waals surface area contributed by atoms with Crippen LogP contribution in [0, 0.1) is 5.92 Å². The van der Waals surface area contributed by atoms with Gasteiger partial charge in [-0.2, -0.15) is 0 Å². The van der Waals surface area contributed by atoms with E-state index in [1.54, 1.807) is 12.5 Å². The number of fused-ring (bicyclic) bond motifs is 1. The molecule has 2 N–H and O–H groups in total. The van der Waals surface area contributed by atoms with E-state index in [1.165, 1.54) is 0 Å². The number of amides is 1. The molecule has 3 atom stereocenters. The summed E-state index contributed by atoms with van der Waals surface area (Å²) in [6, 6.07) is 2.33. The highest BCUT2D eigenvalue weighted by Gasteiger charge is 2.44. The fourth-order valence-electron chi connectivity index (χ4n) is 4.35. The Kier molecular flexibility index (Phi) is 4.47. The van der Waals surface area contributed by atoms with Crippen molar-refractivity contribution < 1.29 is 4.79 Å². The molecule has 3 fully saturated rings. The molecule has 3 aliphatic heterocycles. The van der Waals surface area contributed by atoms with E-state index in [2.05, 4.69) is 32.8 Å². The fraction of sp³-hybridized carbons (Fsp3) is 0.706. The van der Waals surface area contributed by atoms with Gasteiger partial charge in [-0.3, -0.25) is 10.2 Å². The maximum Gasteiger partial charge on any atom is 0.241 e. The van der Waals surface area contributed by atoms with Crippen LogP contribution in [0.5, 0.6) is 0 Å². The van der Waals surface area contributed by atoms with Crippen molar-refractivity contribution in [2.45, 2.75) is 37.3 Å². The van der Waals surface area contributed by atoms with E-state index in [9.17, 15) is 4.79 Å². The summed E-state index contributed by atoms with van der Waals surface area (Å²) in [6.07, 6.45) is 6.48. The van der Waals surface area contributed by atoms with Gasteiger partial charge in [-0.05, 0) is 38.9 Å². The predicted octanol–water partition coefficient (Wildman–Crippen LogP) is -0.0207. The van der Waals surface area contributed by atoms with Crippen LogP contribution in [0.1, 0.15) is 30.9 Å². The van der Waals surface area contributed by atoms with Gasteiger partial charge < -0.3 is 9.80 Å². The first-order valence-corrected chi connectivity index (χ1v) is 8.96. The molecule has 7 heteroatoms. The zero-order valence-electron chi connectivity index (χ0n) is 14.2. The molecule has 24 heavy (non-hydrogen) atoms. The highest BCUT2D eigenvalue weighted by molar-refractivity contribution is 5.82. The van der Waals surface area contributed by atoms with Crippen LogP contribution in [0.3, 0.4) is 0 Å². The zero-order chi connectivity index (χ0) is 16.5. The minimum Gasteiger partial charge on any atom is -0.341 e. The SMILES string of the molecule is CN1CCC2NNC(C(=O)N3CCC(c4ccncn4)CC3)C2C1. The summed E-state index contributed by atoms with van der Waals surface area (Å²) in [4.78, 5) is 25.7. The molecule has 7 nitrogen and oxygen atoms in total. The van der Waals surface area contributed by atoms with E-state index < -0.39 is 0 Å². The Hall–Kier alpha value is -1.57.